The molecule has 0 aliphatic rings. The second-order valence-electron chi connectivity index (χ2n) is 6.49. The van der Waals surface area contributed by atoms with Crippen LogP contribution in [0, 0.1) is 17.8 Å². The summed E-state index contributed by atoms with van der Waals surface area (Å²) in [6, 6.07) is 0. The maximum atomic E-state index is 11.2. The normalized spacial score (nSPS) is 19.3. The van der Waals surface area contributed by atoms with Gasteiger partial charge in [0, 0.05) is 0 Å². The van der Waals surface area contributed by atoms with E-state index in [0.717, 1.165) is 24.7 Å². The summed E-state index contributed by atoms with van der Waals surface area (Å²) in [4.78, 5) is 9.18. The molecular formula is C15H33O4P. The van der Waals surface area contributed by atoms with Gasteiger partial charge in [-0.15, -0.1) is 0 Å². The van der Waals surface area contributed by atoms with E-state index >= 15 is 0 Å². The van der Waals surface area contributed by atoms with E-state index in [1.807, 2.05) is 6.92 Å². The lowest BCUT2D eigenvalue weighted by molar-refractivity contribution is -0.146. The zero-order valence-electron chi connectivity index (χ0n) is 13.5. The van der Waals surface area contributed by atoms with E-state index in [9.17, 15) is 9.46 Å². The molecule has 20 heavy (non-hydrogen) atoms. The van der Waals surface area contributed by atoms with Crippen molar-refractivity contribution >= 4 is 7.60 Å². The van der Waals surface area contributed by atoms with Gasteiger partial charge in [-0.1, -0.05) is 72.6 Å². The Kier molecular flexibility index (Phi) is 10.8. The number of hydrogen-bond donors (Lipinski definition) is 2. The van der Waals surface area contributed by atoms with Crippen molar-refractivity contribution in [3.8, 4) is 0 Å². The topological polar surface area (TPSA) is 66.8 Å². The van der Waals surface area contributed by atoms with Crippen molar-refractivity contribution in [1.82, 2.24) is 0 Å². The summed E-state index contributed by atoms with van der Waals surface area (Å²) in [5, 5.41) is 8.31. The Balaban J connectivity index is 3.65. The van der Waals surface area contributed by atoms with Gasteiger partial charge >= 0.3 is 7.60 Å². The van der Waals surface area contributed by atoms with Crippen LogP contribution in [0.1, 0.15) is 72.6 Å². The molecule has 0 heterocycles. The molecule has 0 amide bonds. The van der Waals surface area contributed by atoms with E-state index < -0.39 is 7.60 Å². The predicted octanol–water partition coefficient (Wildman–Crippen LogP) is 5.32. The summed E-state index contributed by atoms with van der Waals surface area (Å²) in [7, 11) is -3.77. The molecule has 0 radical (unpaired) electrons. The summed E-state index contributed by atoms with van der Waals surface area (Å²) in [6.45, 7) is 8.76. The molecule has 4 nitrogen and oxygen atoms in total. The average molecular weight is 308 g/mol. The Labute approximate surface area is 124 Å². The van der Waals surface area contributed by atoms with E-state index in [-0.39, 0.29) is 12.1 Å². The molecule has 0 aromatic carbocycles. The number of rotatable bonds is 12. The minimum Gasteiger partial charge on any atom is -0.323 e. The van der Waals surface area contributed by atoms with Crippen LogP contribution in [-0.4, -0.2) is 16.3 Å². The lowest BCUT2D eigenvalue weighted by atomic mass is 9.93. The second kappa shape index (κ2) is 10.8. The van der Waals surface area contributed by atoms with Crippen LogP contribution >= 0.6 is 7.60 Å². The highest BCUT2D eigenvalue weighted by Gasteiger charge is 2.22. The Morgan fingerprint density at radius 3 is 1.85 bits per heavy atom. The molecule has 122 valence electrons. The van der Waals surface area contributed by atoms with Gasteiger partial charge in [-0.05, 0) is 17.8 Å². The summed E-state index contributed by atoms with van der Waals surface area (Å²) in [5.41, 5.74) is 0. The first-order chi connectivity index (χ1) is 9.30. The van der Waals surface area contributed by atoms with Gasteiger partial charge in [-0.2, -0.15) is 4.67 Å². The van der Waals surface area contributed by atoms with Crippen molar-refractivity contribution in [3.05, 3.63) is 0 Å². The highest BCUT2D eigenvalue weighted by molar-refractivity contribution is 7.52. The lowest BCUT2D eigenvalue weighted by Gasteiger charge is -2.16. The summed E-state index contributed by atoms with van der Waals surface area (Å²) >= 11 is 0. The second-order valence-corrected chi connectivity index (χ2v) is 8.29. The smallest absolute Gasteiger partial charge is 0.323 e. The molecule has 0 aromatic rings. The molecule has 0 fully saturated rings. The Bertz CT molecular complexity index is 283. The molecule has 4 atom stereocenters. The van der Waals surface area contributed by atoms with Crippen molar-refractivity contribution in [2.24, 2.45) is 17.8 Å². The largest absolute Gasteiger partial charge is 0.355 e. The van der Waals surface area contributed by atoms with Crippen LogP contribution in [-0.2, 0) is 9.24 Å². The molecule has 2 N–H and O–H groups in total. The van der Waals surface area contributed by atoms with Gasteiger partial charge in [0.1, 0.15) is 0 Å². The summed E-state index contributed by atoms with van der Waals surface area (Å²) < 4.78 is 14.8. The van der Waals surface area contributed by atoms with Gasteiger partial charge in [0.15, 0.2) is 0 Å². The van der Waals surface area contributed by atoms with Crippen LogP contribution < -0.4 is 0 Å². The highest BCUT2D eigenvalue weighted by atomic mass is 31.2. The van der Waals surface area contributed by atoms with E-state index in [1.165, 1.54) is 32.1 Å². The minimum atomic E-state index is -3.77. The summed E-state index contributed by atoms with van der Waals surface area (Å²) in [6.07, 6.45) is 8.33. The van der Waals surface area contributed by atoms with E-state index in [0.29, 0.717) is 0 Å². The van der Waals surface area contributed by atoms with Gasteiger partial charge < -0.3 is 4.89 Å². The molecule has 5 heteroatoms. The van der Waals surface area contributed by atoms with E-state index in [2.05, 4.69) is 25.4 Å². The molecular weight excluding hydrogens is 275 g/mol. The molecule has 4 unspecified atom stereocenters. The van der Waals surface area contributed by atoms with Gasteiger partial charge in [-0.3, -0.25) is 4.57 Å². The molecule has 0 aliphatic heterocycles. The Morgan fingerprint density at radius 2 is 1.40 bits per heavy atom. The molecule has 0 spiro atoms. The molecule has 0 saturated carbocycles. The van der Waals surface area contributed by atoms with E-state index in [1.54, 1.807) is 0 Å². The van der Waals surface area contributed by atoms with Gasteiger partial charge in [0.25, 0.3) is 0 Å². The quantitative estimate of drug-likeness (QED) is 0.291. The first kappa shape index (κ1) is 20.1. The SMILES string of the molecule is CCC(C)CCCC(C)CCCC(C)CP(=O)(O)OO. The van der Waals surface area contributed by atoms with Crippen molar-refractivity contribution in [2.45, 2.75) is 72.6 Å². The standard InChI is InChI=1S/C15H33O4P/c1-5-13(2)8-6-9-14(3)10-7-11-15(4)12-20(17,18)19-16/h13-16H,5-12H2,1-4H3,(H,17,18). The molecule has 0 bridgehead atoms. The van der Waals surface area contributed by atoms with Gasteiger partial charge in [0.2, 0.25) is 0 Å². The third-order valence-corrected chi connectivity index (χ3v) is 5.49. The monoisotopic (exact) mass is 308 g/mol. The van der Waals surface area contributed by atoms with Crippen LogP contribution in [0.5, 0.6) is 0 Å². The Hall–Kier alpha value is 0.110. The van der Waals surface area contributed by atoms with Crippen molar-refractivity contribution in [1.29, 1.82) is 0 Å². The van der Waals surface area contributed by atoms with E-state index in [4.69, 9.17) is 5.26 Å². The van der Waals surface area contributed by atoms with Crippen molar-refractivity contribution in [3.63, 3.8) is 0 Å². The fourth-order valence-corrected chi connectivity index (χ4v) is 3.53. The maximum Gasteiger partial charge on any atom is 0.355 e. The Morgan fingerprint density at radius 1 is 0.950 bits per heavy atom. The fourth-order valence-electron chi connectivity index (χ4n) is 2.50. The van der Waals surface area contributed by atoms with Gasteiger partial charge in [-0.25, -0.2) is 5.26 Å². The van der Waals surface area contributed by atoms with Crippen LogP contribution in [0.3, 0.4) is 0 Å². The third-order valence-electron chi connectivity index (χ3n) is 4.15. The van der Waals surface area contributed by atoms with Gasteiger partial charge in [0.05, 0.1) is 6.16 Å². The minimum absolute atomic E-state index is 0.0336. The summed E-state index contributed by atoms with van der Waals surface area (Å²) in [5.74, 6) is 1.66. The highest BCUT2D eigenvalue weighted by Crippen LogP contribution is 2.43. The third kappa shape index (κ3) is 10.8. The van der Waals surface area contributed by atoms with Crippen LogP contribution in [0.2, 0.25) is 0 Å². The fraction of sp³-hybridized carbons (Fsp3) is 1.00. The predicted molar refractivity (Wildman–Crippen MR) is 83.9 cm³/mol. The van der Waals surface area contributed by atoms with Crippen molar-refractivity contribution < 1.29 is 19.4 Å². The average Bonchev–Trinajstić information content (AvgIpc) is 2.37. The first-order valence-corrected chi connectivity index (χ1v) is 9.72. The zero-order chi connectivity index (χ0) is 15.6. The maximum absolute atomic E-state index is 11.2. The van der Waals surface area contributed by atoms with Crippen molar-refractivity contribution in [2.75, 3.05) is 6.16 Å². The van der Waals surface area contributed by atoms with Crippen LogP contribution in [0.4, 0.5) is 0 Å². The lowest BCUT2D eigenvalue weighted by Crippen LogP contribution is -2.05. The zero-order valence-corrected chi connectivity index (χ0v) is 14.4. The molecule has 0 saturated heterocycles. The van der Waals surface area contributed by atoms with Crippen LogP contribution in [0.25, 0.3) is 0 Å². The molecule has 0 aromatic heterocycles. The molecule has 0 aliphatic carbocycles. The van der Waals surface area contributed by atoms with Crippen LogP contribution in [0.15, 0.2) is 0 Å². The molecule has 0 rings (SSSR count). The number of hydrogen-bond acceptors (Lipinski definition) is 3. The first-order valence-electron chi connectivity index (χ1n) is 7.95.